The lowest BCUT2D eigenvalue weighted by Gasteiger charge is -2.26. The van der Waals surface area contributed by atoms with Gasteiger partial charge in [-0.15, -0.1) is 0 Å². The molecule has 0 aromatic carbocycles. The van der Waals surface area contributed by atoms with Crippen molar-refractivity contribution in [1.82, 2.24) is 4.90 Å². The van der Waals surface area contributed by atoms with E-state index in [2.05, 4.69) is 56.9 Å². The third kappa shape index (κ3) is 35.2. The Morgan fingerprint density at radius 1 is 0.545 bits per heavy atom. The third-order valence-corrected chi connectivity index (χ3v) is 11.2. The largest absolute Gasteiger partial charge is 0.455 e. The van der Waals surface area contributed by atoms with Crippen LogP contribution in [0.2, 0.25) is 0 Å². The summed E-state index contributed by atoms with van der Waals surface area (Å²) < 4.78 is 42.2. The Bertz CT molecular complexity index is 1050. The van der Waals surface area contributed by atoms with Crippen LogP contribution in [0.4, 0.5) is 0 Å². The number of ether oxygens (including phenoxy) is 3. The minimum Gasteiger partial charge on any atom is -0.455 e. The van der Waals surface area contributed by atoms with Crippen LogP contribution in [0.3, 0.4) is 0 Å². The average molecular weight is 799 g/mol. The molecule has 9 nitrogen and oxygen atoms in total. The van der Waals surface area contributed by atoms with Gasteiger partial charge in [-0.05, 0) is 77.3 Å². The zero-order chi connectivity index (χ0) is 40.7. The van der Waals surface area contributed by atoms with Gasteiger partial charge in [-0.1, -0.05) is 155 Å². The van der Waals surface area contributed by atoms with Crippen molar-refractivity contribution in [2.24, 2.45) is 5.14 Å². The van der Waals surface area contributed by atoms with Gasteiger partial charge >= 0.3 is 11.9 Å². The molecule has 0 saturated carbocycles. The number of primary sulfonamides is 1. The minimum atomic E-state index is -4.40. The van der Waals surface area contributed by atoms with E-state index in [-0.39, 0.29) is 19.4 Å². The first kappa shape index (κ1) is 53.2. The van der Waals surface area contributed by atoms with Gasteiger partial charge in [0.2, 0.25) is 0 Å². The Labute approximate surface area is 339 Å². The van der Waals surface area contributed by atoms with E-state index in [0.29, 0.717) is 26.0 Å². The number of unbranched alkanes of at least 4 members (excludes halogenated alkanes) is 22. The van der Waals surface area contributed by atoms with Crippen molar-refractivity contribution < 1.29 is 32.2 Å². The van der Waals surface area contributed by atoms with E-state index >= 15 is 0 Å². The number of carbonyl (C=O) groups is 2. The topological polar surface area (TPSA) is 125 Å². The number of carbonyl (C=O) groups excluding carboxylic acids is 2. The molecule has 10 heteroatoms. The Morgan fingerprint density at radius 3 is 1.29 bits per heavy atom. The molecule has 0 aliphatic carbocycles. The van der Waals surface area contributed by atoms with Crippen molar-refractivity contribution in [2.75, 3.05) is 32.8 Å². The second kappa shape index (κ2) is 39.1. The van der Waals surface area contributed by atoms with Gasteiger partial charge in [0.15, 0.2) is 6.10 Å². The van der Waals surface area contributed by atoms with Crippen LogP contribution in [-0.2, 0) is 33.8 Å². The summed E-state index contributed by atoms with van der Waals surface area (Å²) in [5, 5.41) is 5.55. The summed E-state index contributed by atoms with van der Waals surface area (Å²) in [4.78, 5) is 27.9. The molecule has 2 atom stereocenters. The van der Waals surface area contributed by atoms with Crippen LogP contribution in [0, 0.1) is 0 Å². The average Bonchev–Trinajstić information content (AvgIpc) is 3.16. The van der Waals surface area contributed by atoms with Crippen LogP contribution >= 0.6 is 0 Å². The first-order valence-electron chi connectivity index (χ1n) is 22.7. The van der Waals surface area contributed by atoms with Gasteiger partial charge in [0.25, 0.3) is 15.5 Å². The number of sulfonamides is 1. The monoisotopic (exact) mass is 799 g/mol. The highest BCUT2D eigenvalue weighted by molar-refractivity contribution is 7.89. The Morgan fingerprint density at radius 2 is 0.909 bits per heavy atom. The Balaban J connectivity index is 4.66. The van der Waals surface area contributed by atoms with E-state index in [1.807, 2.05) is 0 Å². The number of rotatable bonds is 41. The van der Waals surface area contributed by atoms with Crippen molar-refractivity contribution in [3.05, 3.63) is 24.3 Å². The minimum absolute atomic E-state index is 0.0720. The van der Waals surface area contributed by atoms with E-state index in [1.165, 1.54) is 83.5 Å². The van der Waals surface area contributed by atoms with Crippen molar-refractivity contribution in [3.63, 3.8) is 0 Å². The van der Waals surface area contributed by atoms with Crippen LogP contribution in [-0.4, -0.2) is 69.6 Å². The summed E-state index contributed by atoms with van der Waals surface area (Å²) >= 11 is 0. The molecule has 0 spiro atoms. The molecule has 0 amide bonds. The van der Waals surface area contributed by atoms with Crippen LogP contribution < -0.4 is 5.14 Å². The maximum absolute atomic E-state index is 12.9. The number of allylic oxidation sites excluding steroid dienone is 4. The van der Waals surface area contributed by atoms with Crippen molar-refractivity contribution in [1.29, 1.82) is 0 Å². The standard InChI is InChI=1S/C45H86N2O7S/c1-5-9-11-13-15-17-19-21-23-25-27-29-31-33-35-37-43(48)53-42(41-52-40-39-47(7-3)8-4)45(55(46,50)51)54-44(49)38-36-34-32-30-28-26-24-22-20-18-16-14-12-10-6-2/h21-24,42,45H,5-20,25-41H2,1-4H3,(H2,46,50,51)/b23-21-,24-22-. The van der Waals surface area contributed by atoms with Crippen LogP contribution in [0.5, 0.6) is 0 Å². The Hall–Kier alpha value is -1.75. The van der Waals surface area contributed by atoms with Crippen molar-refractivity contribution in [2.45, 2.75) is 219 Å². The highest BCUT2D eigenvalue weighted by atomic mass is 32.2. The quantitative estimate of drug-likeness (QED) is 0.0368. The molecule has 0 rings (SSSR count). The second-order valence-electron chi connectivity index (χ2n) is 15.2. The highest BCUT2D eigenvalue weighted by Crippen LogP contribution is 2.17. The number of nitrogens with two attached hydrogens (primary N) is 1. The van der Waals surface area contributed by atoms with Gasteiger partial charge in [0, 0.05) is 19.4 Å². The van der Waals surface area contributed by atoms with Crippen molar-refractivity contribution >= 4 is 22.0 Å². The molecule has 0 aliphatic heterocycles. The third-order valence-electron chi connectivity index (χ3n) is 10.2. The molecule has 2 N–H and O–H groups in total. The molecular formula is C45H86N2O7S. The maximum Gasteiger partial charge on any atom is 0.307 e. The summed E-state index contributed by atoms with van der Waals surface area (Å²) in [7, 11) is -4.40. The predicted molar refractivity (Wildman–Crippen MR) is 230 cm³/mol. The fraction of sp³-hybridized carbons (Fsp3) is 0.867. The first-order valence-corrected chi connectivity index (χ1v) is 24.3. The summed E-state index contributed by atoms with van der Waals surface area (Å²) in [6, 6.07) is 0. The molecule has 0 aromatic heterocycles. The number of hydrogen-bond acceptors (Lipinski definition) is 8. The summed E-state index contributed by atoms with van der Waals surface area (Å²) in [5.41, 5.74) is -1.82. The first-order chi connectivity index (χ1) is 26.7. The lowest BCUT2D eigenvalue weighted by molar-refractivity contribution is -0.166. The summed E-state index contributed by atoms with van der Waals surface area (Å²) in [6.45, 7) is 11.0. The molecule has 2 unspecified atom stereocenters. The highest BCUT2D eigenvalue weighted by Gasteiger charge is 2.38. The number of nitrogens with zero attached hydrogens (tertiary/aromatic N) is 1. The molecule has 0 radical (unpaired) electrons. The number of likely N-dealkylation sites (N-methyl/N-ethyl adjacent to an activating group) is 1. The number of hydrogen-bond donors (Lipinski definition) is 1. The van der Waals surface area contributed by atoms with Crippen molar-refractivity contribution in [3.8, 4) is 0 Å². The molecule has 0 aliphatic rings. The van der Waals surface area contributed by atoms with E-state index in [4.69, 9.17) is 19.3 Å². The second-order valence-corrected chi connectivity index (χ2v) is 16.9. The van der Waals surface area contributed by atoms with Gasteiger partial charge in [-0.2, -0.15) is 0 Å². The van der Waals surface area contributed by atoms with Crippen LogP contribution in [0.25, 0.3) is 0 Å². The molecule has 55 heavy (non-hydrogen) atoms. The van der Waals surface area contributed by atoms with Gasteiger partial charge in [0.1, 0.15) is 0 Å². The molecule has 0 fully saturated rings. The van der Waals surface area contributed by atoms with Gasteiger partial charge < -0.3 is 19.1 Å². The molecule has 0 saturated heterocycles. The van der Waals surface area contributed by atoms with Crippen LogP contribution in [0.1, 0.15) is 207 Å². The predicted octanol–water partition coefficient (Wildman–Crippen LogP) is 11.5. The summed E-state index contributed by atoms with van der Waals surface area (Å²) in [5.74, 6) is -1.21. The van der Waals surface area contributed by atoms with E-state index in [1.54, 1.807) is 0 Å². The smallest absolute Gasteiger partial charge is 0.307 e. The molecule has 0 heterocycles. The SMILES string of the molecule is CCCCCCCC/C=C\CCCCCCCC(=O)OC(COCCN(CC)CC)C(OC(=O)CCCCCCC/C=C\CCCCCCCC)S(N)(=O)=O. The lowest BCUT2D eigenvalue weighted by Crippen LogP contribution is -2.46. The molecular weight excluding hydrogens is 713 g/mol. The molecule has 0 bridgehead atoms. The summed E-state index contributed by atoms with van der Waals surface area (Å²) in [6.07, 6.45) is 37.8. The van der Waals surface area contributed by atoms with Gasteiger partial charge in [-0.25, -0.2) is 13.6 Å². The van der Waals surface area contributed by atoms with Gasteiger partial charge in [0.05, 0.1) is 13.2 Å². The molecule has 0 aromatic rings. The Kier molecular flexibility index (Phi) is 37.8. The van der Waals surface area contributed by atoms with Crippen LogP contribution in [0.15, 0.2) is 24.3 Å². The van der Waals surface area contributed by atoms with E-state index in [0.717, 1.165) is 83.7 Å². The van der Waals surface area contributed by atoms with E-state index in [9.17, 15) is 18.0 Å². The normalized spacial score (nSPS) is 13.3. The van der Waals surface area contributed by atoms with Gasteiger partial charge in [-0.3, -0.25) is 9.59 Å². The fourth-order valence-corrected chi connectivity index (χ4v) is 7.35. The maximum atomic E-state index is 12.9. The fourth-order valence-electron chi connectivity index (χ4n) is 6.55. The zero-order valence-corrected chi connectivity index (χ0v) is 36.9. The lowest BCUT2D eigenvalue weighted by atomic mass is 10.1. The zero-order valence-electron chi connectivity index (χ0n) is 36.1. The van der Waals surface area contributed by atoms with E-state index < -0.39 is 33.5 Å². The molecule has 324 valence electrons. The number of esters is 2.